The van der Waals surface area contributed by atoms with Gasteiger partial charge in [-0.2, -0.15) is 0 Å². The van der Waals surface area contributed by atoms with E-state index in [1.807, 2.05) is 23.6 Å². The van der Waals surface area contributed by atoms with E-state index in [4.69, 9.17) is 0 Å². The third-order valence-electron chi connectivity index (χ3n) is 3.64. The van der Waals surface area contributed by atoms with E-state index in [0.717, 1.165) is 21.3 Å². The molecule has 0 spiro atoms. The van der Waals surface area contributed by atoms with E-state index in [-0.39, 0.29) is 11.2 Å². The number of rotatable bonds is 4. The summed E-state index contributed by atoms with van der Waals surface area (Å²) in [6, 6.07) is 9.87. The third kappa shape index (κ3) is 3.15. The molecule has 0 radical (unpaired) electrons. The molecule has 0 N–H and O–H groups in total. The zero-order valence-electron chi connectivity index (χ0n) is 11.4. The Bertz CT molecular complexity index is 581. The van der Waals surface area contributed by atoms with Gasteiger partial charge in [0.05, 0.1) is 3.79 Å². The molecule has 2 aromatic rings. The van der Waals surface area contributed by atoms with Gasteiger partial charge >= 0.3 is 0 Å². The van der Waals surface area contributed by atoms with Crippen molar-refractivity contribution in [1.82, 2.24) is 0 Å². The highest BCUT2D eigenvalue weighted by Gasteiger charge is 2.18. The minimum absolute atomic E-state index is 0.0859. The number of ketones is 1. The normalized spacial score (nSPS) is 11.6. The Morgan fingerprint density at radius 3 is 2.32 bits per heavy atom. The van der Waals surface area contributed by atoms with Crippen LogP contribution in [-0.2, 0) is 5.41 Å². The van der Waals surface area contributed by atoms with Gasteiger partial charge in [-0.3, -0.25) is 4.79 Å². The van der Waals surface area contributed by atoms with Crippen molar-refractivity contribution >= 4 is 33.0 Å². The van der Waals surface area contributed by atoms with Crippen molar-refractivity contribution in [3.63, 3.8) is 0 Å². The third-order valence-corrected chi connectivity index (χ3v) is 5.15. The number of hydrogen-bond acceptors (Lipinski definition) is 2. The monoisotopic (exact) mass is 336 g/mol. The number of carbonyl (C=O) groups excluding carboxylic acids is 1. The van der Waals surface area contributed by atoms with Gasteiger partial charge in [0.25, 0.3) is 0 Å². The topological polar surface area (TPSA) is 17.1 Å². The fourth-order valence-corrected chi connectivity index (χ4v) is 3.01. The molecule has 0 aliphatic carbocycles. The fraction of sp³-hybridized carbons (Fsp3) is 0.312. The molecule has 0 unspecified atom stereocenters. The second-order valence-corrected chi connectivity index (χ2v) is 7.57. The molecule has 0 atom stereocenters. The molecule has 0 fully saturated rings. The van der Waals surface area contributed by atoms with E-state index in [1.165, 1.54) is 16.9 Å². The van der Waals surface area contributed by atoms with Crippen LogP contribution >= 0.6 is 27.3 Å². The van der Waals surface area contributed by atoms with Crippen molar-refractivity contribution in [3.05, 3.63) is 56.2 Å². The lowest BCUT2D eigenvalue weighted by atomic mass is 9.82. The Morgan fingerprint density at radius 2 is 1.84 bits per heavy atom. The molecule has 0 bridgehead atoms. The summed E-state index contributed by atoms with van der Waals surface area (Å²) in [5.41, 5.74) is 2.94. The van der Waals surface area contributed by atoms with Gasteiger partial charge in [0.15, 0.2) is 5.78 Å². The van der Waals surface area contributed by atoms with Crippen LogP contribution in [0.4, 0.5) is 0 Å². The van der Waals surface area contributed by atoms with Gasteiger partial charge < -0.3 is 0 Å². The number of thiophene rings is 1. The molecule has 1 nitrogen and oxygen atoms in total. The number of carbonyl (C=O) groups is 1. The van der Waals surface area contributed by atoms with Gasteiger partial charge in [-0.15, -0.1) is 11.3 Å². The van der Waals surface area contributed by atoms with E-state index < -0.39 is 0 Å². The lowest BCUT2D eigenvalue weighted by molar-refractivity contribution is 0.103. The van der Waals surface area contributed by atoms with E-state index in [1.54, 1.807) is 0 Å². The molecule has 3 heteroatoms. The van der Waals surface area contributed by atoms with Crippen LogP contribution in [0.1, 0.15) is 48.7 Å². The van der Waals surface area contributed by atoms with Gasteiger partial charge in [-0.1, -0.05) is 45.0 Å². The Balaban J connectivity index is 2.26. The first-order chi connectivity index (χ1) is 8.94. The lowest BCUT2D eigenvalue weighted by Crippen LogP contribution is -2.15. The first-order valence-corrected chi connectivity index (χ1v) is 8.00. The predicted octanol–water partition coefficient (Wildman–Crippen LogP) is 5.43. The van der Waals surface area contributed by atoms with Gasteiger partial charge in [-0.25, -0.2) is 0 Å². The van der Waals surface area contributed by atoms with Gasteiger partial charge in [0.2, 0.25) is 0 Å². The second-order valence-electron chi connectivity index (χ2n) is 5.28. The van der Waals surface area contributed by atoms with Crippen LogP contribution in [-0.4, -0.2) is 5.78 Å². The molecule has 1 heterocycles. The minimum atomic E-state index is 0.0859. The van der Waals surface area contributed by atoms with Crippen molar-refractivity contribution in [3.8, 4) is 0 Å². The van der Waals surface area contributed by atoms with Gasteiger partial charge in [-0.05, 0) is 39.4 Å². The fourth-order valence-electron chi connectivity index (χ4n) is 1.87. The van der Waals surface area contributed by atoms with Crippen molar-refractivity contribution in [1.29, 1.82) is 0 Å². The number of hydrogen-bond donors (Lipinski definition) is 0. The highest BCUT2D eigenvalue weighted by Crippen LogP contribution is 2.28. The molecule has 0 amide bonds. The molecule has 100 valence electrons. The molecule has 1 aromatic carbocycles. The Hall–Kier alpha value is -0.930. The first-order valence-electron chi connectivity index (χ1n) is 6.33. The maximum atomic E-state index is 12.3. The van der Waals surface area contributed by atoms with E-state index in [9.17, 15) is 4.79 Å². The standard InChI is InChI=1S/C16H17BrOS/c1-4-16(2,3)13-7-5-11(6-8-13)15(18)12-9-14(17)19-10-12/h5-10H,4H2,1-3H3. The zero-order valence-corrected chi connectivity index (χ0v) is 13.8. The number of benzene rings is 1. The molecule has 0 aliphatic heterocycles. The SMILES string of the molecule is CCC(C)(C)c1ccc(C(=O)c2csc(Br)c2)cc1. The van der Waals surface area contributed by atoms with Crippen LogP contribution < -0.4 is 0 Å². The first kappa shape index (κ1) is 14.5. The maximum absolute atomic E-state index is 12.3. The highest BCUT2D eigenvalue weighted by atomic mass is 79.9. The van der Waals surface area contributed by atoms with Crippen LogP contribution in [0.15, 0.2) is 39.5 Å². The summed E-state index contributed by atoms with van der Waals surface area (Å²) in [5, 5.41) is 1.89. The van der Waals surface area contributed by atoms with Crippen molar-refractivity contribution in [2.24, 2.45) is 0 Å². The summed E-state index contributed by atoms with van der Waals surface area (Å²) < 4.78 is 0.986. The second kappa shape index (κ2) is 5.59. The molecular formula is C16H17BrOS. The molecule has 2 rings (SSSR count). The quantitative estimate of drug-likeness (QED) is 0.680. The average Bonchev–Trinajstić information content (AvgIpc) is 2.85. The van der Waals surface area contributed by atoms with Crippen LogP contribution in [0, 0.1) is 0 Å². The Labute approximate surface area is 126 Å². The number of halogens is 1. The van der Waals surface area contributed by atoms with Crippen LogP contribution in [0.2, 0.25) is 0 Å². The van der Waals surface area contributed by atoms with Gasteiger partial charge in [0.1, 0.15) is 0 Å². The van der Waals surface area contributed by atoms with Crippen molar-refractivity contribution in [2.45, 2.75) is 32.6 Å². The van der Waals surface area contributed by atoms with Crippen LogP contribution in [0.3, 0.4) is 0 Å². The highest BCUT2D eigenvalue weighted by molar-refractivity contribution is 9.11. The smallest absolute Gasteiger partial charge is 0.193 e. The average molecular weight is 337 g/mol. The summed E-state index contributed by atoms with van der Waals surface area (Å²) in [5.74, 6) is 0.0859. The summed E-state index contributed by atoms with van der Waals surface area (Å²) in [7, 11) is 0. The summed E-state index contributed by atoms with van der Waals surface area (Å²) in [4.78, 5) is 12.3. The summed E-state index contributed by atoms with van der Waals surface area (Å²) in [6.07, 6.45) is 1.08. The molecule has 0 aliphatic rings. The lowest BCUT2D eigenvalue weighted by Gasteiger charge is -2.23. The zero-order chi connectivity index (χ0) is 14.0. The molecular weight excluding hydrogens is 320 g/mol. The molecule has 0 saturated heterocycles. The maximum Gasteiger partial charge on any atom is 0.193 e. The largest absolute Gasteiger partial charge is 0.289 e. The van der Waals surface area contributed by atoms with Gasteiger partial charge in [0, 0.05) is 16.5 Å². The van der Waals surface area contributed by atoms with Crippen LogP contribution in [0.25, 0.3) is 0 Å². The summed E-state index contributed by atoms with van der Waals surface area (Å²) in [6.45, 7) is 6.63. The molecule has 0 saturated carbocycles. The van der Waals surface area contributed by atoms with Crippen molar-refractivity contribution < 1.29 is 4.79 Å². The predicted molar refractivity (Wildman–Crippen MR) is 85.2 cm³/mol. The Kier molecular flexibility index (Phi) is 4.26. The van der Waals surface area contributed by atoms with E-state index in [2.05, 4.69) is 48.8 Å². The minimum Gasteiger partial charge on any atom is -0.289 e. The van der Waals surface area contributed by atoms with Crippen LogP contribution in [0.5, 0.6) is 0 Å². The van der Waals surface area contributed by atoms with E-state index >= 15 is 0 Å². The van der Waals surface area contributed by atoms with Crippen molar-refractivity contribution in [2.75, 3.05) is 0 Å². The molecule has 19 heavy (non-hydrogen) atoms. The molecule has 1 aromatic heterocycles. The Morgan fingerprint density at radius 1 is 1.21 bits per heavy atom. The summed E-state index contributed by atoms with van der Waals surface area (Å²) >= 11 is 4.92. The van der Waals surface area contributed by atoms with E-state index in [0.29, 0.717) is 0 Å².